The summed E-state index contributed by atoms with van der Waals surface area (Å²) in [5, 5.41) is 0. The van der Waals surface area contributed by atoms with Crippen molar-refractivity contribution in [1.29, 1.82) is 0 Å². The maximum absolute atomic E-state index is 11.6. The molecule has 0 amide bonds. The first-order valence-electron chi connectivity index (χ1n) is 6.19. The van der Waals surface area contributed by atoms with Crippen LogP contribution in [0.25, 0.3) is 11.2 Å². The van der Waals surface area contributed by atoms with Gasteiger partial charge in [0.2, 0.25) is 0 Å². The van der Waals surface area contributed by atoms with Crippen LogP contribution < -0.4 is 0 Å². The topological polar surface area (TPSA) is 67.9 Å². The van der Waals surface area contributed by atoms with Crippen molar-refractivity contribution < 1.29 is 9.53 Å². The first-order valence-corrected chi connectivity index (χ1v) is 6.19. The second-order valence-corrected chi connectivity index (χ2v) is 4.64. The highest BCUT2D eigenvalue weighted by Crippen LogP contribution is 2.47. The Labute approximate surface area is 105 Å². The molecule has 18 heavy (non-hydrogen) atoms. The molecule has 1 N–H and O–H groups in total. The summed E-state index contributed by atoms with van der Waals surface area (Å²) < 4.78 is 5.01. The predicted octanol–water partition coefficient (Wildman–Crippen LogP) is 1.93. The van der Waals surface area contributed by atoms with Gasteiger partial charge in [0.05, 0.1) is 12.5 Å². The molecular weight excluding hydrogens is 230 g/mol. The Bertz CT molecular complexity index is 605. The van der Waals surface area contributed by atoms with E-state index in [0.717, 1.165) is 29.1 Å². The fourth-order valence-electron chi connectivity index (χ4n) is 2.19. The van der Waals surface area contributed by atoms with E-state index in [1.165, 1.54) is 0 Å². The number of aromatic amines is 1. The Balaban J connectivity index is 1.82. The molecule has 1 aliphatic rings. The molecule has 0 spiro atoms. The molecule has 94 valence electrons. The number of ether oxygens (including phenoxy) is 1. The highest BCUT2D eigenvalue weighted by Gasteiger charge is 2.47. The van der Waals surface area contributed by atoms with Gasteiger partial charge in [0.25, 0.3) is 0 Å². The zero-order valence-corrected chi connectivity index (χ0v) is 10.4. The number of imidazole rings is 1. The van der Waals surface area contributed by atoms with Gasteiger partial charge in [-0.05, 0) is 32.4 Å². The Kier molecular flexibility index (Phi) is 2.54. The molecule has 1 aliphatic carbocycles. The lowest BCUT2D eigenvalue weighted by atomic mass is 10.3. The van der Waals surface area contributed by atoms with E-state index in [9.17, 15) is 4.79 Å². The zero-order chi connectivity index (χ0) is 12.7. The summed E-state index contributed by atoms with van der Waals surface area (Å²) in [6.07, 6.45) is 0.817. The van der Waals surface area contributed by atoms with E-state index in [1.54, 1.807) is 0 Å². The van der Waals surface area contributed by atoms with E-state index in [0.29, 0.717) is 6.61 Å². The molecule has 0 radical (unpaired) electrons. The van der Waals surface area contributed by atoms with Crippen LogP contribution in [0.4, 0.5) is 0 Å². The van der Waals surface area contributed by atoms with Gasteiger partial charge in [-0.1, -0.05) is 0 Å². The molecule has 2 aromatic heterocycles. The summed E-state index contributed by atoms with van der Waals surface area (Å²) in [7, 11) is 0. The van der Waals surface area contributed by atoms with Gasteiger partial charge < -0.3 is 9.72 Å². The van der Waals surface area contributed by atoms with Gasteiger partial charge in [-0.3, -0.25) is 4.79 Å². The van der Waals surface area contributed by atoms with E-state index in [2.05, 4.69) is 15.0 Å². The SMILES string of the molecule is CCOC(=O)[C@@H]1C[C@H]1c1nc2ccc(C)nc2[nH]1. The Hall–Kier alpha value is -1.91. The molecule has 2 aromatic rings. The summed E-state index contributed by atoms with van der Waals surface area (Å²) in [6.45, 7) is 4.20. The molecular formula is C13H15N3O2. The molecule has 1 fully saturated rings. The third kappa shape index (κ3) is 1.85. The minimum Gasteiger partial charge on any atom is -0.466 e. The number of nitrogens with zero attached hydrogens (tertiary/aromatic N) is 2. The number of carbonyl (C=O) groups is 1. The fraction of sp³-hybridized carbons (Fsp3) is 0.462. The van der Waals surface area contributed by atoms with Gasteiger partial charge in [-0.2, -0.15) is 0 Å². The van der Waals surface area contributed by atoms with Crippen LogP contribution in [-0.2, 0) is 9.53 Å². The maximum Gasteiger partial charge on any atom is 0.309 e. The third-order valence-corrected chi connectivity index (χ3v) is 3.23. The lowest BCUT2D eigenvalue weighted by molar-refractivity contribution is -0.144. The van der Waals surface area contributed by atoms with Crippen LogP contribution in [-0.4, -0.2) is 27.5 Å². The van der Waals surface area contributed by atoms with Crippen molar-refractivity contribution in [3.63, 3.8) is 0 Å². The molecule has 2 heterocycles. The molecule has 0 aliphatic heterocycles. The summed E-state index contributed by atoms with van der Waals surface area (Å²) in [4.78, 5) is 23.6. The van der Waals surface area contributed by atoms with Crippen LogP contribution in [0.15, 0.2) is 12.1 Å². The normalized spacial score (nSPS) is 22.1. The maximum atomic E-state index is 11.6. The van der Waals surface area contributed by atoms with Crippen molar-refractivity contribution in [2.75, 3.05) is 6.61 Å². The second-order valence-electron chi connectivity index (χ2n) is 4.64. The number of rotatable bonds is 3. The quantitative estimate of drug-likeness (QED) is 0.839. The number of hydrogen-bond donors (Lipinski definition) is 1. The number of fused-ring (bicyclic) bond motifs is 1. The van der Waals surface area contributed by atoms with Crippen molar-refractivity contribution >= 4 is 17.1 Å². The molecule has 0 aromatic carbocycles. The minimum absolute atomic E-state index is 0.0355. The molecule has 0 unspecified atom stereocenters. The van der Waals surface area contributed by atoms with Crippen molar-refractivity contribution in [3.05, 3.63) is 23.7 Å². The summed E-state index contributed by atoms with van der Waals surface area (Å²) >= 11 is 0. The van der Waals surface area contributed by atoms with E-state index in [-0.39, 0.29) is 17.8 Å². The van der Waals surface area contributed by atoms with Gasteiger partial charge in [0, 0.05) is 11.6 Å². The summed E-state index contributed by atoms with van der Waals surface area (Å²) in [6, 6.07) is 3.88. The number of H-pyrrole nitrogens is 1. The van der Waals surface area contributed by atoms with Gasteiger partial charge in [0.15, 0.2) is 5.65 Å². The van der Waals surface area contributed by atoms with Crippen molar-refractivity contribution in [2.45, 2.75) is 26.2 Å². The van der Waals surface area contributed by atoms with Gasteiger partial charge >= 0.3 is 5.97 Å². The van der Waals surface area contributed by atoms with Crippen molar-refractivity contribution in [2.24, 2.45) is 5.92 Å². The van der Waals surface area contributed by atoms with Crippen LogP contribution in [0.1, 0.15) is 30.8 Å². The lowest BCUT2D eigenvalue weighted by Gasteiger charge is -1.98. The van der Waals surface area contributed by atoms with Gasteiger partial charge in [0.1, 0.15) is 11.3 Å². The number of aromatic nitrogens is 3. The molecule has 0 saturated heterocycles. The van der Waals surface area contributed by atoms with Crippen molar-refractivity contribution in [3.8, 4) is 0 Å². The van der Waals surface area contributed by atoms with Crippen LogP contribution in [0.5, 0.6) is 0 Å². The predicted molar refractivity (Wildman–Crippen MR) is 66.1 cm³/mol. The largest absolute Gasteiger partial charge is 0.466 e. The lowest BCUT2D eigenvalue weighted by Crippen LogP contribution is -2.07. The number of aryl methyl sites for hydroxylation is 1. The average Bonchev–Trinajstić information content (AvgIpc) is 3.03. The standard InChI is InChI=1S/C13H15N3O2/c1-3-18-13(17)9-6-8(9)11-15-10-5-4-7(2)14-12(10)16-11/h4-5,8-9H,3,6H2,1-2H3,(H,14,15,16)/t8-,9-/m1/s1. The number of nitrogens with one attached hydrogen (secondary N) is 1. The van der Waals surface area contributed by atoms with E-state index < -0.39 is 0 Å². The zero-order valence-electron chi connectivity index (χ0n) is 10.4. The van der Waals surface area contributed by atoms with Gasteiger partial charge in [-0.15, -0.1) is 0 Å². The number of pyridine rings is 1. The molecule has 5 heteroatoms. The Morgan fingerprint density at radius 2 is 2.33 bits per heavy atom. The molecule has 3 rings (SSSR count). The number of esters is 1. The van der Waals surface area contributed by atoms with Crippen LogP contribution in [0.3, 0.4) is 0 Å². The van der Waals surface area contributed by atoms with E-state index in [4.69, 9.17) is 4.74 Å². The van der Waals surface area contributed by atoms with Gasteiger partial charge in [-0.25, -0.2) is 9.97 Å². The smallest absolute Gasteiger partial charge is 0.309 e. The first kappa shape index (κ1) is 11.2. The first-order chi connectivity index (χ1) is 8.69. The fourth-order valence-corrected chi connectivity index (χ4v) is 2.19. The highest BCUT2D eigenvalue weighted by atomic mass is 16.5. The molecule has 5 nitrogen and oxygen atoms in total. The van der Waals surface area contributed by atoms with Crippen LogP contribution in [0.2, 0.25) is 0 Å². The number of carbonyl (C=O) groups excluding carboxylic acids is 1. The Morgan fingerprint density at radius 3 is 3.11 bits per heavy atom. The summed E-state index contributed by atoms with van der Waals surface area (Å²) in [5.41, 5.74) is 2.60. The van der Waals surface area contributed by atoms with Crippen LogP contribution >= 0.6 is 0 Å². The van der Waals surface area contributed by atoms with E-state index >= 15 is 0 Å². The molecule has 0 bridgehead atoms. The molecule has 2 atom stereocenters. The number of hydrogen-bond acceptors (Lipinski definition) is 4. The van der Waals surface area contributed by atoms with E-state index in [1.807, 2.05) is 26.0 Å². The van der Waals surface area contributed by atoms with Crippen LogP contribution in [0, 0.1) is 12.8 Å². The average molecular weight is 245 g/mol. The van der Waals surface area contributed by atoms with Crippen molar-refractivity contribution in [1.82, 2.24) is 15.0 Å². The third-order valence-electron chi connectivity index (χ3n) is 3.23. The minimum atomic E-state index is -0.118. The highest BCUT2D eigenvalue weighted by molar-refractivity contribution is 5.78. The second kappa shape index (κ2) is 4.08. The Morgan fingerprint density at radius 1 is 1.50 bits per heavy atom. The summed E-state index contributed by atoms with van der Waals surface area (Å²) in [5.74, 6) is 0.860. The molecule has 1 saturated carbocycles. The monoisotopic (exact) mass is 245 g/mol.